The highest BCUT2D eigenvalue weighted by Gasteiger charge is 1.94. The average Bonchev–Trinajstić information content (AvgIpc) is 1.90. The van der Waals surface area contributed by atoms with Gasteiger partial charge in [-0.15, -0.1) is 0 Å². The van der Waals surface area contributed by atoms with Gasteiger partial charge < -0.3 is 5.73 Å². The fraction of sp³-hybridized carbons (Fsp3) is 0.375. The highest BCUT2D eigenvalue weighted by atomic mass is 14.7. The van der Waals surface area contributed by atoms with Gasteiger partial charge in [-0.2, -0.15) is 0 Å². The minimum atomic E-state index is 0. The van der Waals surface area contributed by atoms with E-state index in [1.54, 1.807) is 12.4 Å². The molecule has 1 rings (SSSR count). The van der Waals surface area contributed by atoms with E-state index in [2.05, 4.69) is 4.98 Å². The van der Waals surface area contributed by atoms with Gasteiger partial charge in [0.15, 0.2) is 0 Å². The van der Waals surface area contributed by atoms with Crippen LogP contribution in [0.15, 0.2) is 24.5 Å². The first-order valence-electron chi connectivity index (χ1n) is 2.96. The normalized spacial score (nSPS) is 11.8. The minimum Gasteiger partial charge on any atom is -0.324 e. The molecule has 2 nitrogen and oxygen atoms in total. The van der Waals surface area contributed by atoms with Crippen molar-refractivity contribution in [1.82, 2.24) is 4.98 Å². The summed E-state index contributed by atoms with van der Waals surface area (Å²) in [6.07, 6.45) is 3.52. The lowest BCUT2D eigenvalue weighted by atomic mass is 10.2. The number of aromatic nitrogens is 1. The summed E-state index contributed by atoms with van der Waals surface area (Å²) in [5.41, 5.74) is 6.65. The SMILES string of the molecule is C.CC(N)c1cccnc1. The predicted molar refractivity (Wildman–Crippen MR) is 43.6 cm³/mol. The molecule has 2 heteroatoms. The van der Waals surface area contributed by atoms with Gasteiger partial charge in [-0.05, 0) is 18.6 Å². The van der Waals surface area contributed by atoms with Crippen LogP contribution in [-0.2, 0) is 0 Å². The molecule has 0 spiro atoms. The summed E-state index contributed by atoms with van der Waals surface area (Å²) in [7, 11) is 0. The lowest BCUT2D eigenvalue weighted by Gasteiger charge is -2.01. The molecule has 0 fully saturated rings. The summed E-state index contributed by atoms with van der Waals surface area (Å²) in [5, 5.41) is 0. The van der Waals surface area contributed by atoms with E-state index in [1.165, 1.54) is 0 Å². The van der Waals surface area contributed by atoms with Crippen LogP contribution in [0.1, 0.15) is 26.0 Å². The zero-order chi connectivity index (χ0) is 6.69. The molecule has 1 heterocycles. The molecule has 0 radical (unpaired) electrons. The van der Waals surface area contributed by atoms with E-state index in [4.69, 9.17) is 5.73 Å². The van der Waals surface area contributed by atoms with Gasteiger partial charge in [-0.1, -0.05) is 13.5 Å². The zero-order valence-corrected chi connectivity index (χ0v) is 5.41. The Hall–Kier alpha value is -0.890. The molecule has 0 aliphatic heterocycles. The number of nitrogens with two attached hydrogens (primary N) is 1. The van der Waals surface area contributed by atoms with Crippen molar-refractivity contribution >= 4 is 0 Å². The molecule has 0 aromatic carbocycles. The zero-order valence-electron chi connectivity index (χ0n) is 5.41. The first-order valence-corrected chi connectivity index (χ1v) is 2.96. The molecule has 0 saturated carbocycles. The van der Waals surface area contributed by atoms with Crippen molar-refractivity contribution in [3.05, 3.63) is 30.1 Å². The predicted octanol–water partition coefficient (Wildman–Crippen LogP) is 1.74. The van der Waals surface area contributed by atoms with E-state index in [1.807, 2.05) is 19.1 Å². The summed E-state index contributed by atoms with van der Waals surface area (Å²) in [4.78, 5) is 3.93. The molecule has 1 unspecified atom stereocenters. The molecule has 1 aromatic rings. The Morgan fingerprint density at radius 2 is 2.30 bits per heavy atom. The Morgan fingerprint density at radius 3 is 2.60 bits per heavy atom. The number of rotatable bonds is 1. The third-order valence-electron chi connectivity index (χ3n) is 1.21. The second kappa shape index (κ2) is 4.01. The van der Waals surface area contributed by atoms with Gasteiger partial charge in [0.1, 0.15) is 0 Å². The van der Waals surface area contributed by atoms with Crippen LogP contribution < -0.4 is 5.73 Å². The Labute approximate surface area is 62.1 Å². The Kier molecular flexibility index (Phi) is 3.65. The van der Waals surface area contributed by atoms with Crippen molar-refractivity contribution < 1.29 is 0 Å². The van der Waals surface area contributed by atoms with Crippen molar-refractivity contribution in [3.63, 3.8) is 0 Å². The smallest absolute Gasteiger partial charge is 0.0315 e. The quantitative estimate of drug-likeness (QED) is 0.642. The first-order chi connectivity index (χ1) is 4.30. The summed E-state index contributed by atoms with van der Waals surface area (Å²) in [5.74, 6) is 0. The standard InChI is InChI=1S/C7H10N2.CH4/c1-6(8)7-3-2-4-9-5-7;/h2-6H,8H2,1H3;1H4. The minimum absolute atomic E-state index is 0. The molecule has 1 atom stereocenters. The highest BCUT2D eigenvalue weighted by Crippen LogP contribution is 2.04. The third kappa shape index (κ3) is 2.15. The van der Waals surface area contributed by atoms with E-state index in [0.717, 1.165) is 5.56 Å². The van der Waals surface area contributed by atoms with E-state index in [-0.39, 0.29) is 13.5 Å². The van der Waals surface area contributed by atoms with E-state index >= 15 is 0 Å². The van der Waals surface area contributed by atoms with Crippen molar-refractivity contribution in [2.45, 2.75) is 20.4 Å². The maximum atomic E-state index is 5.57. The molecule has 2 N–H and O–H groups in total. The molecule has 0 saturated heterocycles. The monoisotopic (exact) mass is 138 g/mol. The Balaban J connectivity index is 0.000000810. The van der Waals surface area contributed by atoms with E-state index in [0.29, 0.717) is 0 Å². The van der Waals surface area contributed by atoms with Crippen molar-refractivity contribution in [2.24, 2.45) is 5.73 Å². The number of hydrogen-bond donors (Lipinski definition) is 1. The van der Waals surface area contributed by atoms with Gasteiger partial charge in [0, 0.05) is 18.4 Å². The molecule has 0 aliphatic rings. The fourth-order valence-corrected chi connectivity index (χ4v) is 0.645. The third-order valence-corrected chi connectivity index (χ3v) is 1.21. The van der Waals surface area contributed by atoms with Gasteiger partial charge in [-0.3, -0.25) is 4.98 Å². The molecule has 0 amide bonds. The average molecular weight is 138 g/mol. The first kappa shape index (κ1) is 9.11. The lowest BCUT2D eigenvalue weighted by molar-refractivity contribution is 0.811. The van der Waals surface area contributed by atoms with Crippen molar-refractivity contribution in [1.29, 1.82) is 0 Å². The van der Waals surface area contributed by atoms with Crippen LogP contribution >= 0.6 is 0 Å². The number of pyridine rings is 1. The number of nitrogens with zero attached hydrogens (tertiary/aromatic N) is 1. The maximum absolute atomic E-state index is 5.57. The van der Waals surface area contributed by atoms with Crippen molar-refractivity contribution in [3.8, 4) is 0 Å². The largest absolute Gasteiger partial charge is 0.324 e. The molecular weight excluding hydrogens is 124 g/mol. The molecule has 0 aliphatic carbocycles. The fourth-order valence-electron chi connectivity index (χ4n) is 0.645. The van der Waals surface area contributed by atoms with Crippen LogP contribution in [0, 0.1) is 0 Å². The van der Waals surface area contributed by atoms with Crippen LogP contribution in [-0.4, -0.2) is 4.98 Å². The van der Waals surface area contributed by atoms with Crippen molar-refractivity contribution in [2.75, 3.05) is 0 Å². The highest BCUT2D eigenvalue weighted by molar-refractivity contribution is 5.11. The molecule has 56 valence electrons. The topological polar surface area (TPSA) is 38.9 Å². The van der Waals surface area contributed by atoms with Crippen LogP contribution in [0.5, 0.6) is 0 Å². The molecule has 0 bridgehead atoms. The lowest BCUT2D eigenvalue weighted by Crippen LogP contribution is -2.04. The summed E-state index contributed by atoms with van der Waals surface area (Å²) in [6, 6.07) is 3.95. The maximum Gasteiger partial charge on any atom is 0.0315 e. The summed E-state index contributed by atoms with van der Waals surface area (Å²) >= 11 is 0. The molecule has 1 aromatic heterocycles. The van der Waals surface area contributed by atoms with Crippen LogP contribution in [0.3, 0.4) is 0 Å². The van der Waals surface area contributed by atoms with Crippen LogP contribution in [0.4, 0.5) is 0 Å². The molecule has 10 heavy (non-hydrogen) atoms. The second-order valence-electron chi connectivity index (χ2n) is 2.08. The summed E-state index contributed by atoms with van der Waals surface area (Å²) in [6.45, 7) is 1.94. The summed E-state index contributed by atoms with van der Waals surface area (Å²) < 4.78 is 0. The Morgan fingerprint density at radius 1 is 1.60 bits per heavy atom. The van der Waals surface area contributed by atoms with E-state index < -0.39 is 0 Å². The van der Waals surface area contributed by atoms with Gasteiger partial charge in [0.2, 0.25) is 0 Å². The van der Waals surface area contributed by atoms with Crippen LogP contribution in [0.2, 0.25) is 0 Å². The van der Waals surface area contributed by atoms with E-state index in [9.17, 15) is 0 Å². The van der Waals surface area contributed by atoms with Gasteiger partial charge >= 0.3 is 0 Å². The van der Waals surface area contributed by atoms with Crippen LogP contribution in [0.25, 0.3) is 0 Å². The molecular formula is C8H14N2. The number of hydrogen-bond acceptors (Lipinski definition) is 2. The van der Waals surface area contributed by atoms with Gasteiger partial charge in [0.05, 0.1) is 0 Å². The Bertz CT molecular complexity index is 170. The second-order valence-corrected chi connectivity index (χ2v) is 2.08. The van der Waals surface area contributed by atoms with Gasteiger partial charge in [0.25, 0.3) is 0 Å². The van der Waals surface area contributed by atoms with Gasteiger partial charge in [-0.25, -0.2) is 0 Å².